The number of fused-ring (bicyclic) bond motifs is 2. The van der Waals surface area contributed by atoms with Crippen LogP contribution in [0.1, 0.15) is 45.9 Å². The van der Waals surface area contributed by atoms with E-state index in [-0.39, 0.29) is 19.2 Å². The van der Waals surface area contributed by atoms with E-state index in [1.165, 1.54) is 44.7 Å². The highest BCUT2D eigenvalue weighted by molar-refractivity contribution is 5.90. The van der Waals surface area contributed by atoms with Gasteiger partial charge in [0.2, 0.25) is 0 Å². The first-order valence-electron chi connectivity index (χ1n) is 15.0. The maximum Gasteiger partial charge on any atom is 0.333 e. The van der Waals surface area contributed by atoms with E-state index in [2.05, 4.69) is 98.9 Å². The minimum absolute atomic E-state index is 0.233. The Morgan fingerprint density at radius 2 is 1.09 bits per heavy atom. The monoisotopic (exact) mass is 582 g/mol. The van der Waals surface area contributed by atoms with Gasteiger partial charge in [0.1, 0.15) is 13.2 Å². The van der Waals surface area contributed by atoms with Crippen LogP contribution in [0.4, 0.5) is 0 Å². The predicted octanol–water partition coefficient (Wildman–Crippen LogP) is 8.72. The Morgan fingerprint density at radius 1 is 0.636 bits per heavy atom. The van der Waals surface area contributed by atoms with Crippen LogP contribution in [0, 0.1) is 6.92 Å². The average Bonchev–Trinajstić information content (AvgIpc) is 3.05. The number of hydrogen-bond acceptors (Lipinski definition) is 4. The molecule has 0 saturated heterocycles. The zero-order chi connectivity index (χ0) is 31.1. The lowest BCUT2D eigenvalue weighted by Crippen LogP contribution is -2.05. The lowest BCUT2D eigenvalue weighted by molar-refractivity contribution is -0.140. The largest absolute Gasteiger partial charge is 0.458 e. The normalized spacial score (nSPS) is 11.0. The topological polar surface area (TPSA) is 52.6 Å². The third-order valence-corrected chi connectivity index (χ3v) is 8.21. The summed E-state index contributed by atoms with van der Waals surface area (Å²) in [6.45, 7) is 11.5. The number of benzene rings is 5. The van der Waals surface area contributed by atoms with E-state index < -0.39 is 5.97 Å². The molecule has 44 heavy (non-hydrogen) atoms. The zero-order valence-corrected chi connectivity index (χ0v) is 25.5. The molecule has 0 spiro atoms. The van der Waals surface area contributed by atoms with Gasteiger partial charge in [0.15, 0.2) is 0 Å². The lowest BCUT2D eigenvalue weighted by Gasteiger charge is -2.14. The SMILES string of the molecule is C=CC(=O)OCc1ccc(CCc2ccc(CCc3ccc(COC(=O)C(=C)C)c4ccccc34)c(C)c2)c2ccccc12. The number of carbonyl (C=O) groups excluding carboxylic acids is 2. The summed E-state index contributed by atoms with van der Waals surface area (Å²) in [7, 11) is 0. The van der Waals surface area contributed by atoms with Crippen molar-refractivity contribution >= 4 is 33.5 Å². The molecular formula is C40H38O4. The van der Waals surface area contributed by atoms with Gasteiger partial charge in [-0.25, -0.2) is 9.59 Å². The van der Waals surface area contributed by atoms with Gasteiger partial charge >= 0.3 is 11.9 Å². The second-order valence-corrected chi connectivity index (χ2v) is 11.3. The number of carbonyl (C=O) groups is 2. The van der Waals surface area contributed by atoms with Gasteiger partial charge in [-0.1, -0.05) is 104 Å². The molecule has 0 aliphatic heterocycles. The smallest absolute Gasteiger partial charge is 0.333 e. The van der Waals surface area contributed by atoms with Gasteiger partial charge in [-0.15, -0.1) is 0 Å². The second-order valence-electron chi connectivity index (χ2n) is 11.3. The van der Waals surface area contributed by atoms with Crippen molar-refractivity contribution in [1.82, 2.24) is 0 Å². The number of ether oxygens (including phenoxy) is 2. The average molecular weight is 583 g/mol. The van der Waals surface area contributed by atoms with Crippen molar-refractivity contribution in [2.24, 2.45) is 0 Å². The number of esters is 2. The van der Waals surface area contributed by atoms with Crippen molar-refractivity contribution in [3.8, 4) is 0 Å². The van der Waals surface area contributed by atoms with Crippen molar-refractivity contribution in [3.63, 3.8) is 0 Å². The van der Waals surface area contributed by atoms with Crippen LogP contribution in [0.5, 0.6) is 0 Å². The first kappa shape index (κ1) is 30.5. The number of hydrogen-bond donors (Lipinski definition) is 0. The minimum Gasteiger partial charge on any atom is -0.458 e. The first-order chi connectivity index (χ1) is 21.3. The van der Waals surface area contributed by atoms with E-state index >= 15 is 0 Å². The van der Waals surface area contributed by atoms with Gasteiger partial charge in [-0.05, 0) is 100 Å². The van der Waals surface area contributed by atoms with Crippen LogP contribution in [0.3, 0.4) is 0 Å². The summed E-state index contributed by atoms with van der Waals surface area (Å²) >= 11 is 0. The summed E-state index contributed by atoms with van der Waals surface area (Å²) in [6.07, 6.45) is 4.93. The van der Waals surface area contributed by atoms with Gasteiger partial charge in [0, 0.05) is 11.6 Å². The van der Waals surface area contributed by atoms with Crippen molar-refractivity contribution in [2.75, 3.05) is 0 Å². The molecule has 5 aromatic carbocycles. The predicted molar refractivity (Wildman–Crippen MR) is 178 cm³/mol. The van der Waals surface area contributed by atoms with Crippen LogP contribution in [-0.4, -0.2) is 11.9 Å². The Bertz CT molecular complexity index is 1860. The first-order valence-corrected chi connectivity index (χ1v) is 15.0. The molecule has 0 amide bonds. The Kier molecular flexibility index (Phi) is 9.71. The molecule has 0 radical (unpaired) electrons. The summed E-state index contributed by atoms with van der Waals surface area (Å²) in [6, 6.07) is 31.9. The van der Waals surface area contributed by atoms with E-state index in [0.717, 1.165) is 47.6 Å². The molecule has 0 aromatic heterocycles. The lowest BCUT2D eigenvalue weighted by atomic mass is 9.92. The molecule has 5 rings (SSSR count). The molecule has 0 unspecified atom stereocenters. The van der Waals surface area contributed by atoms with Crippen LogP contribution in [0.15, 0.2) is 116 Å². The molecule has 0 atom stereocenters. The summed E-state index contributed by atoms with van der Waals surface area (Å²) in [4.78, 5) is 23.5. The zero-order valence-electron chi connectivity index (χ0n) is 25.5. The fourth-order valence-corrected chi connectivity index (χ4v) is 5.75. The van der Waals surface area contributed by atoms with Crippen molar-refractivity contribution in [2.45, 2.75) is 52.7 Å². The Labute approximate surface area is 259 Å². The van der Waals surface area contributed by atoms with E-state index in [1.54, 1.807) is 6.92 Å². The van der Waals surface area contributed by atoms with Crippen molar-refractivity contribution in [1.29, 1.82) is 0 Å². The van der Waals surface area contributed by atoms with Crippen LogP contribution >= 0.6 is 0 Å². The quantitative estimate of drug-likeness (QED) is 0.109. The highest BCUT2D eigenvalue weighted by Gasteiger charge is 2.11. The number of aryl methyl sites for hydroxylation is 5. The highest BCUT2D eigenvalue weighted by Crippen LogP contribution is 2.27. The van der Waals surface area contributed by atoms with Crippen molar-refractivity contribution < 1.29 is 19.1 Å². The number of rotatable bonds is 12. The van der Waals surface area contributed by atoms with Crippen molar-refractivity contribution in [3.05, 3.63) is 155 Å². The molecule has 0 aliphatic rings. The Hall–Kier alpha value is -4.96. The van der Waals surface area contributed by atoms with E-state index in [9.17, 15) is 9.59 Å². The van der Waals surface area contributed by atoms with E-state index in [0.29, 0.717) is 5.57 Å². The molecule has 0 bridgehead atoms. The maximum atomic E-state index is 11.9. The fourth-order valence-electron chi connectivity index (χ4n) is 5.75. The van der Waals surface area contributed by atoms with Crippen LogP contribution in [0.2, 0.25) is 0 Å². The minimum atomic E-state index is -0.415. The molecule has 4 heteroatoms. The fraction of sp³-hybridized carbons (Fsp3) is 0.200. The van der Waals surface area contributed by atoms with Gasteiger partial charge < -0.3 is 9.47 Å². The second kappa shape index (κ2) is 14.0. The molecule has 5 aromatic rings. The van der Waals surface area contributed by atoms with Crippen LogP contribution in [0.25, 0.3) is 21.5 Å². The third kappa shape index (κ3) is 7.15. The summed E-state index contributed by atoms with van der Waals surface area (Å²) in [5.74, 6) is -0.783. The summed E-state index contributed by atoms with van der Waals surface area (Å²) in [5.41, 5.74) is 8.94. The summed E-state index contributed by atoms with van der Waals surface area (Å²) in [5, 5.41) is 4.62. The molecule has 222 valence electrons. The third-order valence-electron chi connectivity index (χ3n) is 8.21. The highest BCUT2D eigenvalue weighted by atomic mass is 16.5. The molecule has 0 N–H and O–H groups in total. The van der Waals surface area contributed by atoms with E-state index in [1.807, 2.05) is 12.1 Å². The molecular weight excluding hydrogens is 544 g/mol. The standard InChI is InChI=1S/C40H38O4/c1-5-39(41)43-25-33-22-20-31(35-10-6-8-12-37(33)35)17-15-29-14-16-30(28(4)24-29)18-19-32-21-23-34(26-44-40(42)27(2)3)38-13-9-7-11-36(32)38/h5-14,16,20-24H,1-2,15,17-19,25-26H2,3-4H3. The molecule has 0 heterocycles. The van der Waals surface area contributed by atoms with Gasteiger partial charge in [-0.3, -0.25) is 0 Å². The molecule has 0 saturated carbocycles. The molecule has 4 nitrogen and oxygen atoms in total. The Morgan fingerprint density at radius 3 is 1.61 bits per heavy atom. The van der Waals surface area contributed by atoms with Crippen LogP contribution < -0.4 is 0 Å². The molecule has 0 aliphatic carbocycles. The van der Waals surface area contributed by atoms with Gasteiger partial charge in [-0.2, -0.15) is 0 Å². The summed E-state index contributed by atoms with van der Waals surface area (Å²) < 4.78 is 10.7. The Balaban J connectivity index is 1.25. The van der Waals surface area contributed by atoms with E-state index in [4.69, 9.17) is 9.47 Å². The maximum absolute atomic E-state index is 11.9. The van der Waals surface area contributed by atoms with Gasteiger partial charge in [0.05, 0.1) is 0 Å². The molecule has 0 fully saturated rings. The van der Waals surface area contributed by atoms with Gasteiger partial charge in [0.25, 0.3) is 0 Å². The van der Waals surface area contributed by atoms with Crippen LogP contribution in [-0.2, 0) is 58.0 Å².